The quantitative estimate of drug-likeness (QED) is 0.779. The highest BCUT2D eigenvalue weighted by molar-refractivity contribution is 5.78. The summed E-state index contributed by atoms with van der Waals surface area (Å²) in [6.45, 7) is 5.95. The van der Waals surface area contributed by atoms with Crippen LogP contribution in [0.15, 0.2) is 24.3 Å². The van der Waals surface area contributed by atoms with Gasteiger partial charge in [-0.25, -0.2) is 4.79 Å². The molecule has 0 radical (unpaired) electrons. The topological polar surface area (TPSA) is 49.9 Å². The van der Waals surface area contributed by atoms with Crippen molar-refractivity contribution in [2.24, 2.45) is 5.92 Å². The number of nitrogens with zero attached hydrogens (tertiary/aromatic N) is 2. The summed E-state index contributed by atoms with van der Waals surface area (Å²) in [6, 6.07) is 7.48. The summed E-state index contributed by atoms with van der Waals surface area (Å²) in [5, 5.41) is 0. The standard InChI is InChI=1S/C18H26N2O3/c1-13-7-5-6-8-16(13)17(18(22)23-4)19(3)11-15-9-10-20(12-15)14(2)21/h5-8,15,17H,9-12H2,1-4H3/t15-,17-/m1/s1. The average Bonchev–Trinajstić information content (AvgIpc) is 2.98. The minimum atomic E-state index is -0.410. The van der Waals surface area contributed by atoms with Gasteiger partial charge in [-0.05, 0) is 37.4 Å². The highest BCUT2D eigenvalue weighted by Crippen LogP contribution is 2.27. The van der Waals surface area contributed by atoms with Crippen LogP contribution in [0.2, 0.25) is 0 Å². The van der Waals surface area contributed by atoms with E-state index in [4.69, 9.17) is 4.74 Å². The van der Waals surface area contributed by atoms with Crippen LogP contribution in [-0.4, -0.2) is 55.5 Å². The van der Waals surface area contributed by atoms with E-state index < -0.39 is 6.04 Å². The Morgan fingerprint density at radius 1 is 1.39 bits per heavy atom. The molecule has 2 atom stereocenters. The van der Waals surface area contributed by atoms with Gasteiger partial charge in [-0.1, -0.05) is 24.3 Å². The molecule has 5 nitrogen and oxygen atoms in total. The van der Waals surface area contributed by atoms with Crippen molar-refractivity contribution in [2.75, 3.05) is 33.8 Å². The van der Waals surface area contributed by atoms with Crippen LogP contribution in [0.1, 0.15) is 30.5 Å². The number of methoxy groups -OCH3 is 1. The highest BCUT2D eigenvalue weighted by Gasteiger charge is 2.31. The first-order valence-electron chi connectivity index (χ1n) is 8.03. The number of carbonyl (C=O) groups excluding carboxylic acids is 2. The van der Waals surface area contributed by atoms with Gasteiger partial charge in [-0.2, -0.15) is 0 Å². The van der Waals surface area contributed by atoms with Gasteiger partial charge in [0.05, 0.1) is 7.11 Å². The molecule has 1 saturated heterocycles. The normalized spacial score (nSPS) is 19.0. The predicted octanol–water partition coefficient (Wildman–Crippen LogP) is 2.01. The van der Waals surface area contributed by atoms with Gasteiger partial charge >= 0.3 is 5.97 Å². The second-order valence-corrected chi connectivity index (χ2v) is 6.34. The molecule has 2 rings (SSSR count). The van der Waals surface area contributed by atoms with Crippen molar-refractivity contribution < 1.29 is 14.3 Å². The van der Waals surface area contributed by atoms with Gasteiger partial charge in [0, 0.05) is 26.6 Å². The Bertz CT molecular complexity index is 573. The van der Waals surface area contributed by atoms with Crippen molar-refractivity contribution in [2.45, 2.75) is 26.3 Å². The van der Waals surface area contributed by atoms with E-state index in [2.05, 4.69) is 0 Å². The zero-order valence-corrected chi connectivity index (χ0v) is 14.4. The van der Waals surface area contributed by atoms with Gasteiger partial charge < -0.3 is 9.64 Å². The third-order valence-corrected chi connectivity index (χ3v) is 4.63. The Kier molecular flexibility index (Phi) is 5.77. The van der Waals surface area contributed by atoms with Crippen molar-refractivity contribution in [3.8, 4) is 0 Å². The fraction of sp³-hybridized carbons (Fsp3) is 0.556. The van der Waals surface area contributed by atoms with E-state index in [9.17, 15) is 9.59 Å². The molecular weight excluding hydrogens is 292 g/mol. The smallest absolute Gasteiger partial charge is 0.327 e. The summed E-state index contributed by atoms with van der Waals surface area (Å²) in [5.74, 6) is 0.266. The van der Waals surface area contributed by atoms with Gasteiger partial charge in [0.25, 0.3) is 0 Å². The summed E-state index contributed by atoms with van der Waals surface area (Å²) < 4.78 is 5.02. The maximum atomic E-state index is 12.3. The first kappa shape index (κ1) is 17.5. The van der Waals surface area contributed by atoms with Crippen LogP contribution in [0.5, 0.6) is 0 Å². The van der Waals surface area contributed by atoms with Gasteiger partial charge in [0.2, 0.25) is 5.91 Å². The van der Waals surface area contributed by atoms with Gasteiger partial charge in [0.15, 0.2) is 0 Å². The second kappa shape index (κ2) is 7.59. The highest BCUT2D eigenvalue weighted by atomic mass is 16.5. The summed E-state index contributed by atoms with van der Waals surface area (Å²) in [4.78, 5) is 27.7. The van der Waals surface area contributed by atoms with Gasteiger partial charge in [0.1, 0.15) is 6.04 Å². The first-order valence-corrected chi connectivity index (χ1v) is 8.03. The number of hydrogen-bond donors (Lipinski definition) is 0. The molecule has 126 valence electrons. The molecule has 1 aromatic rings. The van der Waals surface area contributed by atoms with Gasteiger partial charge in [-0.15, -0.1) is 0 Å². The number of esters is 1. The van der Waals surface area contributed by atoms with E-state index >= 15 is 0 Å². The van der Waals surface area contributed by atoms with Crippen LogP contribution in [0.4, 0.5) is 0 Å². The van der Waals surface area contributed by atoms with E-state index in [1.807, 2.05) is 48.0 Å². The number of carbonyl (C=O) groups is 2. The Morgan fingerprint density at radius 3 is 2.65 bits per heavy atom. The van der Waals surface area contributed by atoms with Crippen molar-refractivity contribution in [1.82, 2.24) is 9.80 Å². The molecule has 1 amide bonds. The van der Waals surface area contributed by atoms with Crippen LogP contribution in [0.3, 0.4) is 0 Å². The molecule has 0 bridgehead atoms. The van der Waals surface area contributed by atoms with Crippen molar-refractivity contribution >= 4 is 11.9 Å². The van der Waals surface area contributed by atoms with Crippen LogP contribution in [0, 0.1) is 12.8 Å². The SMILES string of the molecule is COC(=O)[C@@H](c1ccccc1C)N(C)C[C@H]1CCN(C(C)=O)C1. The monoisotopic (exact) mass is 318 g/mol. The molecular formula is C18H26N2O3. The third-order valence-electron chi connectivity index (χ3n) is 4.63. The molecule has 0 saturated carbocycles. The number of likely N-dealkylation sites (N-methyl/N-ethyl adjacent to an activating group) is 1. The summed E-state index contributed by atoms with van der Waals surface area (Å²) in [6.07, 6.45) is 0.978. The number of likely N-dealkylation sites (tertiary alicyclic amines) is 1. The number of benzene rings is 1. The number of rotatable bonds is 5. The molecule has 23 heavy (non-hydrogen) atoms. The molecule has 1 aliphatic rings. The molecule has 1 fully saturated rings. The van der Waals surface area contributed by atoms with E-state index in [0.29, 0.717) is 5.92 Å². The van der Waals surface area contributed by atoms with Crippen molar-refractivity contribution in [1.29, 1.82) is 0 Å². The molecule has 0 N–H and O–H groups in total. The molecule has 0 unspecified atom stereocenters. The lowest BCUT2D eigenvalue weighted by Gasteiger charge is -2.29. The molecule has 0 aliphatic carbocycles. The van der Waals surface area contributed by atoms with Gasteiger partial charge in [-0.3, -0.25) is 9.69 Å². The summed E-state index contributed by atoms with van der Waals surface area (Å²) >= 11 is 0. The third kappa shape index (κ3) is 4.10. The Hall–Kier alpha value is -1.88. The minimum Gasteiger partial charge on any atom is -0.468 e. The maximum Gasteiger partial charge on any atom is 0.327 e. The fourth-order valence-corrected chi connectivity index (χ4v) is 3.33. The summed E-state index contributed by atoms with van der Waals surface area (Å²) in [7, 11) is 3.37. The van der Waals surface area contributed by atoms with Crippen LogP contribution >= 0.6 is 0 Å². The number of aryl methyl sites for hydroxylation is 1. The van der Waals surface area contributed by atoms with E-state index in [1.165, 1.54) is 7.11 Å². The fourth-order valence-electron chi connectivity index (χ4n) is 3.33. The van der Waals surface area contributed by atoms with Crippen LogP contribution in [0.25, 0.3) is 0 Å². The lowest BCUT2D eigenvalue weighted by atomic mass is 9.99. The van der Waals surface area contributed by atoms with Crippen LogP contribution in [-0.2, 0) is 14.3 Å². The first-order chi connectivity index (χ1) is 10.9. The lowest BCUT2D eigenvalue weighted by Crippen LogP contribution is -2.36. The molecule has 1 heterocycles. The molecule has 1 aromatic carbocycles. The Morgan fingerprint density at radius 2 is 2.09 bits per heavy atom. The molecule has 5 heteroatoms. The minimum absolute atomic E-state index is 0.124. The maximum absolute atomic E-state index is 12.3. The Labute approximate surface area is 138 Å². The molecule has 0 aromatic heterocycles. The van der Waals surface area contributed by atoms with E-state index in [1.54, 1.807) is 6.92 Å². The molecule has 0 spiro atoms. The van der Waals surface area contributed by atoms with Crippen molar-refractivity contribution in [3.63, 3.8) is 0 Å². The predicted molar refractivity (Wildman–Crippen MR) is 88.9 cm³/mol. The number of ether oxygens (including phenoxy) is 1. The Balaban J connectivity index is 2.12. The molecule has 1 aliphatic heterocycles. The number of amides is 1. The van der Waals surface area contributed by atoms with Crippen molar-refractivity contribution in [3.05, 3.63) is 35.4 Å². The lowest BCUT2D eigenvalue weighted by molar-refractivity contribution is -0.147. The largest absolute Gasteiger partial charge is 0.468 e. The number of hydrogen-bond acceptors (Lipinski definition) is 4. The summed E-state index contributed by atoms with van der Waals surface area (Å²) in [5.41, 5.74) is 2.05. The second-order valence-electron chi connectivity index (χ2n) is 6.34. The average molecular weight is 318 g/mol. The van der Waals surface area contributed by atoms with E-state index in [0.717, 1.165) is 37.2 Å². The zero-order valence-electron chi connectivity index (χ0n) is 14.4. The van der Waals surface area contributed by atoms with Crippen LogP contribution < -0.4 is 0 Å². The zero-order chi connectivity index (χ0) is 17.0. The van der Waals surface area contributed by atoms with E-state index in [-0.39, 0.29) is 11.9 Å².